The van der Waals surface area contributed by atoms with E-state index in [1.807, 2.05) is 31.2 Å². The zero-order chi connectivity index (χ0) is 12.4. The second-order valence-electron chi connectivity index (χ2n) is 3.64. The first-order chi connectivity index (χ1) is 8.08. The van der Waals surface area contributed by atoms with E-state index in [0.29, 0.717) is 5.69 Å². The molecule has 0 saturated carbocycles. The molecule has 0 aliphatic carbocycles. The van der Waals surface area contributed by atoms with Crippen molar-refractivity contribution in [2.24, 2.45) is 0 Å². The van der Waals surface area contributed by atoms with E-state index in [2.05, 4.69) is 42.2 Å². The standard InChI is InChI=1S/C12H11Br2N3/c1-7-10(15)6-16-12(11(7)14)17-9-4-2-3-8(13)5-9/h2-6H,15H2,1H3,(H,16,17). The van der Waals surface area contributed by atoms with Crippen molar-refractivity contribution in [3.63, 3.8) is 0 Å². The molecule has 0 radical (unpaired) electrons. The first-order valence-electron chi connectivity index (χ1n) is 5.01. The maximum absolute atomic E-state index is 5.78. The van der Waals surface area contributed by atoms with Crippen LogP contribution < -0.4 is 11.1 Å². The molecular formula is C12H11Br2N3. The summed E-state index contributed by atoms with van der Waals surface area (Å²) in [7, 11) is 0. The third-order valence-electron chi connectivity index (χ3n) is 2.39. The molecule has 3 N–H and O–H groups in total. The Morgan fingerprint density at radius 2 is 2.06 bits per heavy atom. The fourth-order valence-electron chi connectivity index (χ4n) is 1.38. The van der Waals surface area contributed by atoms with Crippen LogP contribution >= 0.6 is 31.9 Å². The topological polar surface area (TPSA) is 50.9 Å². The van der Waals surface area contributed by atoms with Crippen LogP contribution in [0.15, 0.2) is 39.4 Å². The number of aromatic nitrogens is 1. The third-order valence-corrected chi connectivity index (χ3v) is 3.85. The van der Waals surface area contributed by atoms with Crippen LogP contribution in [0.5, 0.6) is 0 Å². The smallest absolute Gasteiger partial charge is 0.145 e. The summed E-state index contributed by atoms with van der Waals surface area (Å²) < 4.78 is 1.91. The highest BCUT2D eigenvalue weighted by Crippen LogP contribution is 2.30. The van der Waals surface area contributed by atoms with E-state index < -0.39 is 0 Å². The van der Waals surface area contributed by atoms with Gasteiger partial charge in [-0.05, 0) is 46.6 Å². The first-order valence-corrected chi connectivity index (χ1v) is 6.59. The van der Waals surface area contributed by atoms with Gasteiger partial charge in [-0.3, -0.25) is 0 Å². The molecule has 17 heavy (non-hydrogen) atoms. The Morgan fingerprint density at radius 1 is 1.29 bits per heavy atom. The van der Waals surface area contributed by atoms with Crippen LogP contribution in [0.4, 0.5) is 17.2 Å². The molecule has 2 rings (SSSR count). The predicted molar refractivity (Wildman–Crippen MR) is 78.5 cm³/mol. The monoisotopic (exact) mass is 355 g/mol. The van der Waals surface area contributed by atoms with Gasteiger partial charge in [0.1, 0.15) is 5.82 Å². The molecule has 1 aromatic carbocycles. The van der Waals surface area contributed by atoms with Gasteiger partial charge in [0.25, 0.3) is 0 Å². The summed E-state index contributed by atoms with van der Waals surface area (Å²) in [5.41, 5.74) is 8.41. The molecule has 5 heteroatoms. The van der Waals surface area contributed by atoms with Crippen LogP contribution in [0, 0.1) is 6.92 Å². The van der Waals surface area contributed by atoms with Crippen molar-refractivity contribution < 1.29 is 0 Å². The van der Waals surface area contributed by atoms with Crippen LogP contribution in [0.25, 0.3) is 0 Å². The fourth-order valence-corrected chi connectivity index (χ4v) is 2.21. The number of rotatable bonds is 2. The van der Waals surface area contributed by atoms with Gasteiger partial charge >= 0.3 is 0 Å². The van der Waals surface area contributed by atoms with E-state index >= 15 is 0 Å². The minimum absolute atomic E-state index is 0.677. The molecule has 0 spiro atoms. The Hall–Kier alpha value is -1.07. The maximum atomic E-state index is 5.78. The molecule has 0 amide bonds. The highest BCUT2D eigenvalue weighted by atomic mass is 79.9. The van der Waals surface area contributed by atoms with E-state index in [9.17, 15) is 0 Å². The first kappa shape index (κ1) is 12.4. The van der Waals surface area contributed by atoms with Gasteiger partial charge in [0.15, 0.2) is 0 Å². The lowest BCUT2D eigenvalue weighted by Crippen LogP contribution is -1.99. The second kappa shape index (κ2) is 5.06. The average Bonchev–Trinajstić information content (AvgIpc) is 2.30. The summed E-state index contributed by atoms with van der Waals surface area (Å²) in [6.07, 6.45) is 1.65. The molecule has 88 valence electrons. The van der Waals surface area contributed by atoms with Crippen molar-refractivity contribution >= 4 is 49.1 Å². The van der Waals surface area contributed by atoms with Crippen molar-refractivity contribution in [1.29, 1.82) is 0 Å². The third kappa shape index (κ3) is 2.79. The molecule has 0 fully saturated rings. The number of hydrogen-bond donors (Lipinski definition) is 2. The van der Waals surface area contributed by atoms with Crippen molar-refractivity contribution in [1.82, 2.24) is 4.98 Å². The molecule has 0 atom stereocenters. The number of nitrogens with zero attached hydrogens (tertiary/aromatic N) is 1. The number of benzene rings is 1. The van der Waals surface area contributed by atoms with Gasteiger partial charge < -0.3 is 11.1 Å². The number of nitrogens with two attached hydrogens (primary N) is 1. The lowest BCUT2D eigenvalue weighted by molar-refractivity contribution is 1.25. The van der Waals surface area contributed by atoms with Crippen LogP contribution in [0.3, 0.4) is 0 Å². The second-order valence-corrected chi connectivity index (χ2v) is 5.35. The molecule has 0 saturated heterocycles. The zero-order valence-corrected chi connectivity index (χ0v) is 12.3. The summed E-state index contributed by atoms with van der Waals surface area (Å²) in [5, 5.41) is 3.24. The maximum Gasteiger partial charge on any atom is 0.145 e. The number of pyridine rings is 1. The number of nitrogen functional groups attached to an aromatic ring is 1. The summed E-state index contributed by atoms with van der Waals surface area (Å²) in [6.45, 7) is 1.95. The summed E-state index contributed by atoms with van der Waals surface area (Å²) in [4.78, 5) is 4.27. The quantitative estimate of drug-likeness (QED) is 0.846. The average molecular weight is 357 g/mol. The Balaban J connectivity index is 2.34. The van der Waals surface area contributed by atoms with Gasteiger partial charge in [-0.1, -0.05) is 22.0 Å². The number of halogens is 2. The number of hydrogen-bond acceptors (Lipinski definition) is 3. The van der Waals surface area contributed by atoms with E-state index in [1.165, 1.54) is 0 Å². The van der Waals surface area contributed by atoms with Gasteiger partial charge in [0.05, 0.1) is 16.4 Å². The molecule has 1 aromatic heterocycles. The van der Waals surface area contributed by atoms with Gasteiger partial charge in [-0.25, -0.2) is 4.98 Å². The van der Waals surface area contributed by atoms with E-state index in [4.69, 9.17) is 5.73 Å². The Bertz CT molecular complexity index is 555. The molecule has 0 aliphatic heterocycles. The highest BCUT2D eigenvalue weighted by molar-refractivity contribution is 9.11. The van der Waals surface area contributed by atoms with E-state index in [1.54, 1.807) is 6.20 Å². The summed E-state index contributed by atoms with van der Waals surface area (Å²) in [5.74, 6) is 0.759. The van der Waals surface area contributed by atoms with Gasteiger partial charge in [0, 0.05) is 10.2 Å². The zero-order valence-electron chi connectivity index (χ0n) is 9.17. The number of nitrogens with one attached hydrogen (secondary N) is 1. The van der Waals surface area contributed by atoms with Crippen molar-refractivity contribution in [3.05, 3.63) is 45.0 Å². The van der Waals surface area contributed by atoms with Crippen molar-refractivity contribution in [2.75, 3.05) is 11.1 Å². The fraction of sp³-hybridized carbons (Fsp3) is 0.0833. The van der Waals surface area contributed by atoms with Crippen molar-refractivity contribution in [2.45, 2.75) is 6.92 Å². The molecule has 3 nitrogen and oxygen atoms in total. The predicted octanol–water partition coefficient (Wildman–Crippen LogP) is 4.24. The minimum Gasteiger partial charge on any atom is -0.397 e. The summed E-state index contributed by atoms with van der Waals surface area (Å²) in [6, 6.07) is 7.90. The SMILES string of the molecule is Cc1c(N)cnc(Nc2cccc(Br)c2)c1Br. The Morgan fingerprint density at radius 3 is 2.76 bits per heavy atom. The Kier molecular flexibility index (Phi) is 3.69. The lowest BCUT2D eigenvalue weighted by atomic mass is 10.2. The largest absolute Gasteiger partial charge is 0.397 e. The van der Waals surface area contributed by atoms with E-state index in [-0.39, 0.29) is 0 Å². The van der Waals surface area contributed by atoms with Gasteiger partial charge in [-0.2, -0.15) is 0 Å². The minimum atomic E-state index is 0.677. The highest BCUT2D eigenvalue weighted by Gasteiger charge is 2.07. The van der Waals surface area contributed by atoms with Crippen LogP contribution in [-0.4, -0.2) is 4.98 Å². The molecule has 2 aromatic rings. The molecule has 1 heterocycles. The molecule has 0 aliphatic rings. The van der Waals surface area contributed by atoms with Crippen LogP contribution in [0.1, 0.15) is 5.56 Å². The van der Waals surface area contributed by atoms with Gasteiger partial charge in [0.2, 0.25) is 0 Å². The molecule has 0 bridgehead atoms. The Labute approximate surface area is 117 Å². The van der Waals surface area contributed by atoms with Gasteiger partial charge in [-0.15, -0.1) is 0 Å². The summed E-state index contributed by atoms with van der Waals surface area (Å²) >= 11 is 6.92. The van der Waals surface area contributed by atoms with Crippen molar-refractivity contribution in [3.8, 4) is 0 Å². The number of anilines is 3. The molecular weight excluding hydrogens is 346 g/mol. The normalized spacial score (nSPS) is 10.3. The van der Waals surface area contributed by atoms with E-state index in [0.717, 1.165) is 26.0 Å². The lowest BCUT2D eigenvalue weighted by Gasteiger charge is -2.11. The molecule has 0 unspecified atom stereocenters. The van der Waals surface area contributed by atoms with Crippen LogP contribution in [0.2, 0.25) is 0 Å². The van der Waals surface area contributed by atoms with Crippen LogP contribution in [-0.2, 0) is 0 Å².